The summed E-state index contributed by atoms with van der Waals surface area (Å²) in [6, 6.07) is 12.5. The van der Waals surface area contributed by atoms with Crippen LogP contribution in [0.1, 0.15) is 54.9 Å². The number of aryl methyl sites for hydroxylation is 1. The van der Waals surface area contributed by atoms with Crippen LogP contribution in [-0.4, -0.2) is 39.0 Å². The Labute approximate surface area is 202 Å². The van der Waals surface area contributed by atoms with Crippen LogP contribution in [0.3, 0.4) is 0 Å². The SMILES string of the molecule is COc1cc([C@H]2OC[C@H](Cc3ccc(C)cc3)[C@H]2CC2(C(=O)O)CCCC2)cc(OC)c1OC. The zero-order valence-corrected chi connectivity index (χ0v) is 20.6. The molecular weight excluding hydrogens is 432 g/mol. The van der Waals surface area contributed by atoms with Crippen molar-refractivity contribution in [2.24, 2.45) is 17.3 Å². The van der Waals surface area contributed by atoms with Gasteiger partial charge in [0.15, 0.2) is 11.5 Å². The van der Waals surface area contributed by atoms with Crippen LogP contribution < -0.4 is 14.2 Å². The number of carboxylic acids is 1. The summed E-state index contributed by atoms with van der Waals surface area (Å²) in [4.78, 5) is 12.4. The van der Waals surface area contributed by atoms with Crippen molar-refractivity contribution >= 4 is 5.97 Å². The quantitative estimate of drug-likeness (QED) is 0.516. The summed E-state index contributed by atoms with van der Waals surface area (Å²) in [6.07, 6.45) is 4.65. The van der Waals surface area contributed by atoms with Crippen LogP contribution in [0.2, 0.25) is 0 Å². The highest BCUT2D eigenvalue weighted by atomic mass is 16.5. The van der Waals surface area contributed by atoms with E-state index in [0.29, 0.717) is 30.3 Å². The van der Waals surface area contributed by atoms with Crippen molar-refractivity contribution in [3.05, 3.63) is 53.1 Å². The molecule has 184 valence electrons. The lowest BCUT2D eigenvalue weighted by molar-refractivity contribution is -0.150. The second kappa shape index (κ2) is 10.3. The molecule has 0 radical (unpaired) electrons. The van der Waals surface area contributed by atoms with Crippen molar-refractivity contribution in [3.63, 3.8) is 0 Å². The summed E-state index contributed by atoms with van der Waals surface area (Å²) >= 11 is 0. The Morgan fingerprint density at radius 1 is 1.03 bits per heavy atom. The maximum atomic E-state index is 12.4. The Balaban J connectivity index is 1.70. The predicted octanol–water partition coefficient (Wildman–Crippen LogP) is 5.60. The van der Waals surface area contributed by atoms with Crippen LogP contribution in [0.15, 0.2) is 36.4 Å². The largest absolute Gasteiger partial charge is 0.493 e. The van der Waals surface area contributed by atoms with Gasteiger partial charge in [-0.15, -0.1) is 0 Å². The predicted molar refractivity (Wildman–Crippen MR) is 130 cm³/mol. The molecule has 1 heterocycles. The Morgan fingerprint density at radius 3 is 2.18 bits per heavy atom. The molecule has 0 bridgehead atoms. The summed E-state index contributed by atoms with van der Waals surface area (Å²) in [5.41, 5.74) is 2.74. The molecule has 3 atom stereocenters. The number of carbonyl (C=O) groups is 1. The van der Waals surface area contributed by atoms with E-state index in [1.165, 1.54) is 11.1 Å². The minimum atomic E-state index is -0.678. The number of methoxy groups -OCH3 is 3. The lowest BCUT2D eigenvalue weighted by atomic mass is 9.71. The van der Waals surface area contributed by atoms with Gasteiger partial charge < -0.3 is 24.1 Å². The average molecular weight is 469 g/mol. The fourth-order valence-electron chi connectivity index (χ4n) is 5.85. The number of hydrogen-bond donors (Lipinski definition) is 1. The van der Waals surface area contributed by atoms with Crippen LogP contribution >= 0.6 is 0 Å². The van der Waals surface area contributed by atoms with Gasteiger partial charge in [0.25, 0.3) is 0 Å². The second-order valence-corrected chi connectivity index (χ2v) is 9.82. The van der Waals surface area contributed by atoms with Crippen LogP contribution in [-0.2, 0) is 16.0 Å². The minimum Gasteiger partial charge on any atom is -0.493 e. The third-order valence-corrected chi connectivity index (χ3v) is 7.76. The van der Waals surface area contributed by atoms with Crippen LogP contribution in [0.4, 0.5) is 0 Å². The number of rotatable bonds is 9. The van der Waals surface area contributed by atoms with Crippen molar-refractivity contribution in [3.8, 4) is 17.2 Å². The van der Waals surface area contributed by atoms with E-state index in [1.807, 2.05) is 12.1 Å². The van der Waals surface area contributed by atoms with Gasteiger partial charge >= 0.3 is 5.97 Å². The first-order valence-electron chi connectivity index (χ1n) is 12.1. The van der Waals surface area contributed by atoms with Crippen molar-refractivity contribution in [2.75, 3.05) is 27.9 Å². The summed E-state index contributed by atoms with van der Waals surface area (Å²) in [5.74, 6) is 1.32. The van der Waals surface area contributed by atoms with Crippen LogP contribution in [0.5, 0.6) is 17.2 Å². The first-order chi connectivity index (χ1) is 16.4. The summed E-state index contributed by atoms with van der Waals surface area (Å²) in [5, 5.41) is 10.2. The smallest absolute Gasteiger partial charge is 0.309 e. The number of ether oxygens (including phenoxy) is 4. The van der Waals surface area contributed by atoms with E-state index in [4.69, 9.17) is 18.9 Å². The highest BCUT2D eigenvalue weighted by Gasteiger charge is 2.48. The minimum absolute atomic E-state index is 0.0679. The zero-order chi connectivity index (χ0) is 24.3. The lowest BCUT2D eigenvalue weighted by Crippen LogP contribution is -2.33. The molecule has 2 aromatic carbocycles. The van der Waals surface area contributed by atoms with Crippen molar-refractivity contribution in [1.82, 2.24) is 0 Å². The number of hydrogen-bond acceptors (Lipinski definition) is 5. The maximum absolute atomic E-state index is 12.4. The standard InChI is InChI=1S/C28H36O6/c1-18-7-9-19(10-8-18)13-21-17-34-25(22(21)16-28(27(29)30)11-5-6-12-28)20-14-23(31-2)26(33-4)24(15-20)32-3/h7-10,14-15,21-22,25H,5-6,11-13,16-17H2,1-4H3,(H,29,30)/t21-,22+,25+/m0/s1. The fourth-order valence-corrected chi connectivity index (χ4v) is 5.85. The molecule has 6 nitrogen and oxygen atoms in total. The first kappa shape index (κ1) is 24.4. The van der Waals surface area contributed by atoms with Gasteiger partial charge in [-0.1, -0.05) is 42.7 Å². The molecule has 2 aromatic rings. The van der Waals surface area contributed by atoms with Crippen LogP contribution in [0, 0.1) is 24.2 Å². The van der Waals surface area contributed by atoms with E-state index < -0.39 is 11.4 Å². The molecule has 34 heavy (non-hydrogen) atoms. The van der Waals surface area contributed by atoms with E-state index in [0.717, 1.165) is 37.7 Å². The molecule has 2 fully saturated rings. The molecular formula is C28H36O6. The van der Waals surface area contributed by atoms with E-state index in [1.54, 1.807) is 21.3 Å². The van der Waals surface area contributed by atoms with Gasteiger partial charge in [0.1, 0.15) is 0 Å². The molecule has 4 rings (SSSR count). The molecule has 1 aliphatic carbocycles. The normalized spacial score (nSPS) is 23.6. The highest BCUT2D eigenvalue weighted by Crippen LogP contribution is 2.52. The molecule has 0 spiro atoms. The Kier molecular flexibility index (Phi) is 7.36. The molecule has 0 amide bonds. The van der Waals surface area contributed by atoms with Gasteiger partial charge in [-0.2, -0.15) is 0 Å². The third kappa shape index (κ3) is 4.74. The van der Waals surface area contributed by atoms with Gasteiger partial charge in [0, 0.05) is 0 Å². The molecule has 0 aromatic heterocycles. The zero-order valence-electron chi connectivity index (χ0n) is 20.6. The van der Waals surface area contributed by atoms with Gasteiger partial charge in [0.05, 0.1) is 39.5 Å². The van der Waals surface area contributed by atoms with Crippen molar-refractivity contribution < 1.29 is 28.8 Å². The number of benzene rings is 2. The number of aliphatic carboxylic acids is 1. The maximum Gasteiger partial charge on any atom is 0.309 e. The first-order valence-corrected chi connectivity index (χ1v) is 12.1. The highest BCUT2D eigenvalue weighted by molar-refractivity contribution is 5.75. The molecule has 1 aliphatic heterocycles. The van der Waals surface area contributed by atoms with Crippen molar-refractivity contribution in [2.45, 2.75) is 51.6 Å². The summed E-state index contributed by atoms with van der Waals surface area (Å²) in [7, 11) is 4.79. The number of carboxylic acid groups (broad SMARTS) is 1. The topological polar surface area (TPSA) is 74.2 Å². The molecule has 1 N–H and O–H groups in total. The molecule has 6 heteroatoms. The van der Waals surface area contributed by atoms with Crippen molar-refractivity contribution in [1.29, 1.82) is 0 Å². The monoisotopic (exact) mass is 468 g/mol. The molecule has 2 aliphatic rings. The Bertz CT molecular complexity index is 967. The molecule has 0 unspecified atom stereocenters. The van der Waals surface area contributed by atoms with Gasteiger partial charge in [-0.3, -0.25) is 4.79 Å². The Morgan fingerprint density at radius 2 is 1.65 bits per heavy atom. The van der Waals surface area contributed by atoms with E-state index in [9.17, 15) is 9.90 Å². The average Bonchev–Trinajstić information content (AvgIpc) is 3.48. The van der Waals surface area contributed by atoms with Gasteiger partial charge in [-0.05, 0) is 67.7 Å². The van der Waals surface area contributed by atoms with E-state index in [2.05, 4.69) is 31.2 Å². The summed E-state index contributed by atoms with van der Waals surface area (Å²) in [6.45, 7) is 2.68. The fraction of sp³-hybridized carbons (Fsp3) is 0.536. The van der Waals surface area contributed by atoms with Gasteiger partial charge in [-0.25, -0.2) is 0 Å². The van der Waals surface area contributed by atoms with E-state index in [-0.39, 0.29) is 17.9 Å². The summed E-state index contributed by atoms with van der Waals surface area (Å²) < 4.78 is 23.1. The van der Waals surface area contributed by atoms with E-state index >= 15 is 0 Å². The van der Waals surface area contributed by atoms with Gasteiger partial charge in [0.2, 0.25) is 5.75 Å². The third-order valence-electron chi connectivity index (χ3n) is 7.76. The van der Waals surface area contributed by atoms with Crippen LogP contribution in [0.25, 0.3) is 0 Å². The Hall–Kier alpha value is -2.73. The lowest BCUT2D eigenvalue weighted by Gasteiger charge is -2.32. The molecule has 1 saturated carbocycles. The second-order valence-electron chi connectivity index (χ2n) is 9.82. The molecule has 1 saturated heterocycles.